The van der Waals surface area contributed by atoms with Crippen LogP contribution in [0.4, 0.5) is 0 Å². The molecular formula is C12H19ClN2O4S2. The van der Waals surface area contributed by atoms with Gasteiger partial charge in [0.05, 0.1) is 7.11 Å². The lowest BCUT2D eigenvalue weighted by Gasteiger charge is -2.31. The highest BCUT2D eigenvalue weighted by atomic mass is 35.5. The molecule has 1 aromatic rings. The van der Waals surface area contributed by atoms with Crippen LogP contribution in [0.5, 0.6) is 0 Å². The molecule has 0 spiro atoms. The SMILES string of the molecule is COC(=O)c1scc(C)c1S(=O)(=O)N1CCNC(C)C1.Cl. The van der Waals surface area contributed by atoms with E-state index in [1.54, 1.807) is 12.3 Å². The number of thiophene rings is 1. The third-order valence-electron chi connectivity index (χ3n) is 3.22. The Morgan fingerprint density at radius 1 is 1.52 bits per heavy atom. The molecule has 0 saturated carbocycles. The number of nitrogens with one attached hydrogen (secondary N) is 1. The Kier molecular flexibility index (Phi) is 6.18. The van der Waals surface area contributed by atoms with Crippen molar-refractivity contribution in [1.29, 1.82) is 0 Å². The van der Waals surface area contributed by atoms with Crippen LogP contribution in [-0.2, 0) is 14.8 Å². The van der Waals surface area contributed by atoms with Gasteiger partial charge >= 0.3 is 5.97 Å². The Hall–Kier alpha value is -0.670. The molecule has 1 aliphatic heterocycles. The summed E-state index contributed by atoms with van der Waals surface area (Å²) in [6, 6.07) is 0.0963. The number of methoxy groups -OCH3 is 1. The lowest BCUT2D eigenvalue weighted by Crippen LogP contribution is -2.51. The van der Waals surface area contributed by atoms with Gasteiger partial charge in [-0.2, -0.15) is 4.31 Å². The smallest absolute Gasteiger partial charge is 0.349 e. The minimum Gasteiger partial charge on any atom is -0.465 e. The number of nitrogens with zero attached hydrogens (tertiary/aromatic N) is 1. The van der Waals surface area contributed by atoms with Gasteiger partial charge in [-0.15, -0.1) is 23.7 Å². The van der Waals surface area contributed by atoms with Crippen molar-refractivity contribution in [2.24, 2.45) is 0 Å². The first kappa shape index (κ1) is 18.4. The maximum atomic E-state index is 12.8. The second kappa shape index (κ2) is 7.06. The van der Waals surface area contributed by atoms with Gasteiger partial charge in [0.2, 0.25) is 10.0 Å². The van der Waals surface area contributed by atoms with Crippen LogP contribution in [-0.4, -0.2) is 51.5 Å². The topological polar surface area (TPSA) is 75.7 Å². The molecule has 0 radical (unpaired) electrons. The number of hydrogen-bond acceptors (Lipinski definition) is 6. The van der Waals surface area contributed by atoms with E-state index in [1.165, 1.54) is 11.4 Å². The molecule has 1 aromatic heterocycles. The first-order chi connectivity index (χ1) is 9.37. The lowest BCUT2D eigenvalue weighted by molar-refractivity contribution is 0.0602. The van der Waals surface area contributed by atoms with E-state index < -0.39 is 16.0 Å². The van der Waals surface area contributed by atoms with Crippen molar-refractivity contribution in [3.05, 3.63) is 15.8 Å². The Morgan fingerprint density at radius 2 is 2.19 bits per heavy atom. The minimum atomic E-state index is -3.67. The van der Waals surface area contributed by atoms with Gasteiger partial charge in [0, 0.05) is 25.7 Å². The Balaban J connectivity index is 0.00000220. The minimum absolute atomic E-state index is 0. The van der Waals surface area contributed by atoms with Crippen molar-refractivity contribution >= 4 is 39.7 Å². The molecule has 0 aromatic carbocycles. The van der Waals surface area contributed by atoms with Crippen LogP contribution < -0.4 is 5.32 Å². The van der Waals surface area contributed by atoms with Crippen LogP contribution in [0, 0.1) is 6.92 Å². The third kappa shape index (κ3) is 3.57. The molecule has 2 heterocycles. The molecule has 1 saturated heterocycles. The number of ether oxygens (including phenoxy) is 1. The van der Waals surface area contributed by atoms with Crippen molar-refractivity contribution in [1.82, 2.24) is 9.62 Å². The maximum Gasteiger partial charge on any atom is 0.349 e. The number of halogens is 1. The van der Waals surface area contributed by atoms with Crippen molar-refractivity contribution in [3.8, 4) is 0 Å². The zero-order valence-electron chi connectivity index (χ0n) is 12.1. The van der Waals surface area contributed by atoms with Gasteiger partial charge < -0.3 is 10.1 Å². The number of sulfonamides is 1. The number of aryl methyl sites for hydroxylation is 1. The van der Waals surface area contributed by atoms with E-state index in [2.05, 4.69) is 10.1 Å². The van der Waals surface area contributed by atoms with Crippen LogP contribution >= 0.6 is 23.7 Å². The summed E-state index contributed by atoms with van der Waals surface area (Å²) in [6.45, 7) is 5.04. The fraction of sp³-hybridized carbons (Fsp3) is 0.583. The predicted molar refractivity (Wildman–Crippen MR) is 83.9 cm³/mol. The summed E-state index contributed by atoms with van der Waals surface area (Å²) in [5, 5.41) is 4.87. The second-order valence-corrected chi connectivity index (χ2v) is 7.54. The van der Waals surface area contributed by atoms with E-state index in [0.29, 0.717) is 25.2 Å². The van der Waals surface area contributed by atoms with E-state index >= 15 is 0 Å². The third-order valence-corrected chi connectivity index (χ3v) is 6.48. The second-order valence-electron chi connectivity index (χ2n) is 4.79. The molecule has 120 valence electrons. The van der Waals surface area contributed by atoms with E-state index in [4.69, 9.17) is 0 Å². The maximum absolute atomic E-state index is 12.8. The van der Waals surface area contributed by atoms with Crippen molar-refractivity contribution in [3.63, 3.8) is 0 Å². The summed E-state index contributed by atoms with van der Waals surface area (Å²) in [4.78, 5) is 12.0. The number of esters is 1. The molecule has 1 aliphatic rings. The van der Waals surface area contributed by atoms with E-state index in [-0.39, 0.29) is 28.2 Å². The van der Waals surface area contributed by atoms with E-state index in [9.17, 15) is 13.2 Å². The lowest BCUT2D eigenvalue weighted by atomic mass is 10.3. The summed E-state index contributed by atoms with van der Waals surface area (Å²) in [5.41, 5.74) is 0.585. The molecule has 0 amide bonds. The molecule has 2 rings (SSSR count). The fourth-order valence-corrected chi connectivity index (χ4v) is 5.42. The van der Waals surface area contributed by atoms with Crippen LogP contribution in [0.1, 0.15) is 22.2 Å². The van der Waals surface area contributed by atoms with Gasteiger partial charge in [0.15, 0.2) is 0 Å². The first-order valence-corrected chi connectivity index (χ1v) is 8.60. The number of carbonyl (C=O) groups excluding carboxylic acids is 1. The zero-order valence-corrected chi connectivity index (χ0v) is 14.5. The van der Waals surface area contributed by atoms with Crippen molar-refractivity contribution < 1.29 is 17.9 Å². The van der Waals surface area contributed by atoms with Crippen LogP contribution in [0.25, 0.3) is 0 Å². The molecule has 1 fully saturated rings. The molecule has 9 heteroatoms. The van der Waals surface area contributed by atoms with Gasteiger partial charge in [-0.05, 0) is 24.8 Å². The van der Waals surface area contributed by atoms with Gasteiger partial charge in [-0.1, -0.05) is 0 Å². The normalized spacial score (nSPS) is 19.9. The Labute approximate surface area is 134 Å². The number of rotatable bonds is 3. The summed E-state index contributed by atoms with van der Waals surface area (Å²) < 4.78 is 31.6. The summed E-state index contributed by atoms with van der Waals surface area (Å²) in [7, 11) is -2.41. The van der Waals surface area contributed by atoms with E-state index in [1.807, 2.05) is 6.92 Å². The molecule has 0 bridgehead atoms. The van der Waals surface area contributed by atoms with Gasteiger partial charge in [-0.3, -0.25) is 0 Å². The van der Waals surface area contributed by atoms with Gasteiger partial charge in [0.25, 0.3) is 0 Å². The predicted octanol–water partition coefficient (Wildman–Crippen LogP) is 1.25. The molecule has 1 N–H and O–H groups in total. The average Bonchev–Trinajstić information content (AvgIpc) is 2.80. The Bertz CT molecular complexity index is 615. The van der Waals surface area contributed by atoms with Gasteiger partial charge in [0.1, 0.15) is 9.77 Å². The van der Waals surface area contributed by atoms with Crippen LogP contribution in [0.15, 0.2) is 10.3 Å². The standard InChI is InChI=1S/C12H18N2O4S2.ClH/c1-8-7-19-10(12(15)18-3)11(8)20(16,17)14-5-4-13-9(2)6-14;/h7,9,13H,4-6H2,1-3H3;1H. The summed E-state index contributed by atoms with van der Waals surface area (Å²) in [5.74, 6) is -0.607. The highest BCUT2D eigenvalue weighted by molar-refractivity contribution is 7.89. The van der Waals surface area contributed by atoms with Crippen molar-refractivity contribution in [2.45, 2.75) is 24.8 Å². The molecule has 1 atom stereocenters. The van der Waals surface area contributed by atoms with E-state index in [0.717, 1.165) is 11.3 Å². The van der Waals surface area contributed by atoms with Crippen LogP contribution in [0.3, 0.4) is 0 Å². The highest BCUT2D eigenvalue weighted by Gasteiger charge is 2.34. The van der Waals surface area contributed by atoms with Gasteiger partial charge in [-0.25, -0.2) is 13.2 Å². The molecule has 6 nitrogen and oxygen atoms in total. The molecule has 0 aliphatic carbocycles. The first-order valence-electron chi connectivity index (χ1n) is 6.28. The fourth-order valence-electron chi connectivity index (χ4n) is 2.23. The monoisotopic (exact) mass is 354 g/mol. The largest absolute Gasteiger partial charge is 0.465 e. The highest BCUT2D eigenvalue weighted by Crippen LogP contribution is 2.30. The van der Waals surface area contributed by atoms with Crippen molar-refractivity contribution in [2.75, 3.05) is 26.7 Å². The Morgan fingerprint density at radius 3 is 2.76 bits per heavy atom. The zero-order chi connectivity index (χ0) is 14.9. The molecule has 21 heavy (non-hydrogen) atoms. The number of piperazine rings is 1. The number of hydrogen-bond donors (Lipinski definition) is 1. The number of carbonyl (C=O) groups is 1. The summed E-state index contributed by atoms with van der Waals surface area (Å²) >= 11 is 1.10. The quantitative estimate of drug-likeness (QED) is 0.827. The van der Waals surface area contributed by atoms with Crippen LogP contribution in [0.2, 0.25) is 0 Å². The average molecular weight is 355 g/mol. The molecular weight excluding hydrogens is 336 g/mol. The summed E-state index contributed by atoms with van der Waals surface area (Å²) in [6.07, 6.45) is 0. The molecule has 1 unspecified atom stereocenters.